The van der Waals surface area contributed by atoms with Crippen LogP contribution in [0.3, 0.4) is 0 Å². The summed E-state index contributed by atoms with van der Waals surface area (Å²) in [5.74, 6) is 0.550. The molecule has 1 saturated heterocycles. The third-order valence-electron chi connectivity index (χ3n) is 4.46. The molecule has 1 atom stereocenters. The van der Waals surface area contributed by atoms with Crippen LogP contribution in [0.5, 0.6) is 0 Å². The van der Waals surface area contributed by atoms with Crippen molar-refractivity contribution in [2.45, 2.75) is 6.04 Å². The van der Waals surface area contributed by atoms with E-state index in [1.165, 1.54) is 0 Å². The van der Waals surface area contributed by atoms with Gasteiger partial charge in [0.25, 0.3) is 6.04 Å². The van der Waals surface area contributed by atoms with Crippen molar-refractivity contribution in [2.24, 2.45) is 4.99 Å². The van der Waals surface area contributed by atoms with Gasteiger partial charge in [0, 0.05) is 16.2 Å². The Bertz CT molecular complexity index is 886. The van der Waals surface area contributed by atoms with Crippen molar-refractivity contribution in [1.82, 2.24) is 4.90 Å². The zero-order chi connectivity index (χ0) is 17.2. The molecule has 4 rings (SSSR count). The van der Waals surface area contributed by atoms with Crippen LogP contribution in [0.1, 0.15) is 11.1 Å². The van der Waals surface area contributed by atoms with E-state index in [2.05, 4.69) is 11.1 Å². The monoisotopic (exact) mass is 331 g/mol. The van der Waals surface area contributed by atoms with Crippen LogP contribution in [0.4, 0.5) is 0 Å². The fourth-order valence-electron chi connectivity index (χ4n) is 3.31. The highest BCUT2D eigenvalue weighted by atomic mass is 16.6. The summed E-state index contributed by atoms with van der Waals surface area (Å²) in [6, 6.07) is 18.8. The molecule has 0 amide bonds. The first-order valence-corrected chi connectivity index (χ1v) is 8.19. The number of nitro groups is 1. The first kappa shape index (κ1) is 15.3. The topological polar surface area (TPSA) is 58.7 Å². The van der Waals surface area contributed by atoms with Crippen molar-refractivity contribution < 1.29 is 4.92 Å². The van der Waals surface area contributed by atoms with Gasteiger partial charge in [0.05, 0.1) is 13.1 Å². The second-order valence-corrected chi connectivity index (χ2v) is 6.12. The molecule has 2 heterocycles. The predicted molar refractivity (Wildman–Crippen MR) is 98.6 cm³/mol. The Morgan fingerprint density at radius 2 is 1.60 bits per heavy atom. The molecule has 2 aliphatic heterocycles. The molecule has 0 aromatic heterocycles. The molecule has 1 unspecified atom stereocenters. The maximum atomic E-state index is 11.6. The molecule has 0 N–H and O–H groups in total. The van der Waals surface area contributed by atoms with Gasteiger partial charge in [-0.3, -0.25) is 15.1 Å². The largest absolute Gasteiger partial charge is 0.322 e. The van der Waals surface area contributed by atoms with E-state index in [0.29, 0.717) is 18.9 Å². The van der Waals surface area contributed by atoms with E-state index >= 15 is 0 Å². The maximum absolute atomic E-state index is 11.6. The Morgan fingerprint density at radius 3 is 2.20 bits per heavy atom. The van der Waals surface area contributed by atoms with Crippen molar-refractivity contribution in [2.75, 3.05) is 13.1 Å². The van der Waals surface area contributed by atoms with Crippen LogP contribution in [0.15, 0.2) is 76.9 Å². The number of benzene rings is 2. The van der Waals surface area contributed by atoms with Crippen molar-refractivity contribution in [3.8, 4) is 0 Å². The van der Waals surface area contributed by atoms with Gasteiger partial charge in [0.2, 0.25) is 0 Å². The van der Waals surface area contributed by atoms with E-state index < -0.39 is 6.04 Å². The highest BCUT2D eigenvalue weighted by Gasteiger charge is 2.46. The molecule has 0 spiro atoms. The van der Waals surface area contributed by atoms with E-state index in [1.54, 1.807) is 0 Å². The number of aliphatic imine (C=N–C) groups is 1. The van der Waals surface area contributed by atoms with Gasteiger partial charge in [0.15, 0.2) is 5.84 Å². The highest BCUT2D eigenvalue weighted by Crippen LogP contribution is 2.31. The molecular weight excluding hydrogens is 314 g/mol. The van der Waals surface area contributed by atoms with Crippen LogP contribution in [0, 0.1) is 10.1 Å². The smallest absolute Gasteiger partial charge is 0.292 e. The lowest BCUT2D eigenvalue weighted by molar-refractivity contribution is -0.492. The van der Waals surface area contributed by atoms with Crippen molar-refractivity contribution >= 4 is 18.0 Å². The van der Waals surface area contributed by atoms with Gasteiger partial charge < -0.3 is 4.90 Å². The number of hydrogen-bond donors (Lipinski definition) is 0. The molecule has 0 aliphatic carbocycles. The van der Waals surface area contributed by atoms with Crippen LogP contribution in [0.25, 0.3) is 12.2 Å². The number of nitrogens with zero attached hydrogens (tertiary/aromatic N) is 3. The van der Waals surface area contributed by atoms with Crippen LogP contribution in [0.2, 0.25) is 0 Å². The quantitative estimate of drug-likeness (QED) is 0.639. The Labute approximate surface area is 145 Å². The average molecular weight is 331 g/mol. The Kier molecular flexibility index (Phi) is 3.90. The molecule has 0 saturated carbocycles. The number of amidine groups is 1. The molecule has 25 heavy (non-hydrogen) atoms. The van der Waals surface area contributed by atoms with E-state index in [9.17, 15) is 10.1 Å². The third kappa shape index (κ3) is 2.96. The minimum atomic E-state index is -0.859. The minimum absolute atomic E-state index is 0.237. The van der Waals surface area contributed by atoms with E-state index in [1.807, 2.05) is 71.6 Å². The molecular formula is C20H17N3O2. The van der Waals surface area contributed by atoms with Gasteiger partial charge in [-0.05, 0) is 23.3 Å². The zero-order valence-electron chi connectivity index (χ0n) is 13.6. The standard InChI is InChI=1S/C20H17N3O2/c24-23(25)19-17(11-15-7-3-1-4-8-15)14-22-18(13-21-20(19)22)12-16-9-5-2-6-10-16/h1-12,19H,13-14H2/b17-11?,18-12+. The second kappa shape index (κ2) is 6.36. The lowest BCUT2D eigenvalue weighted by Crippen LogP contribution is -2.30. The molecule has 2 aromatic rings. The van der Waals surface area contributed by atoms with Gasteiger partial charge >= 0.3 is 0 Å². The Hall–Kier alpha value is -3.21. The fourth-order valence-corrected chi connectivity index (χ4v) is 3.31. The molecule has 124 valence electrons. The molecule has 5 heteroatoms. The number of fused-ring (bicyclic) bond motifs is 1. The highest BCUT2D eigenvalue weighted by molar-refractivity contribution is 5.97. The van der Waals surface area contributed by atoms with Gasteiger partial charge in [-0.15, -0.1) is 0 Å². The first-order chi connectivity index (χ1) is 12.2. The third-order valence-corrected chi connectivity index (χ3v) is 4.46. The first-order valence-electron chi connectivity index (χ1n) is 8.19. The zero-order valence-corrected chi connectivity index (χ0v) is 13.6. The molecule has 1 fully saturated rings. The van der Waals surface area contributed by atoms with E-state index in [0.717, 1.165) is 22.4 Å². The Balaban J connectivity index is 1.68. The fraction of sp³-hybridized carbons (Fsp3) is 0.150. The summed E-state index contributed by atoms with van der Waals surface area (Å²) in [5, 5.41) is 11.6. The summed E-state index contributed by atoms with van der Waals surface area (Å²) in [6.07, 6.45) is 3.97. The van der Waals surface area contributed by atoms with E-state index in [-0.39, 0.29) is 4.92 Å². The van der Waals surface area contributed by atoms with Crippen LogP contribution in [-0.4, -0.2) is 34.8 Å². The van der Waals surface area contributed by atoms with Crippen LogP contribution in [-0.2, 0) is 0 Å². The lowest BCUT2D eigenvalue weighted by atomic mass is 10.1. The van der Waals surface area contributed by atoms with Crippen molar-refractivity contribution in [1.29, 1.82) is 0 Å². The number of rotatable bonds is 3. The van der Waals surface area contributed by atoms with Crippen LogP contribution >= 0.6 is 0 Å². The van der Waals surface area contributed by atoms with Gasteiger partial charge in [0.1, 0.15) is 0 Å². The van der Waals surface area contributed by atoms with Gasteiger partial charge in [-0.25, -0.2) is 0 Å². The van der Waals surface area contributed by atoms with Gasteiger partial charge in [-0.1, -0.05) is 60.7 Å². The molecule has 2 aromatic carbocycles. The summed E-state index contributed by atoms with van der Waals surface area (Å²) < 4.78 is 0. The predicted octanol–water partition coefficient (Wildman–Crippen LogP) is 3.48. The van der Waals surface area contributed by atoms with Crippen molar-refractivity contribution in [3.05, 3.63) is 93.2 Å². The summed E-state index contributed by atoms with van der Waals surface area (Å²) in [4.78, 5) is 17.9. The molecule has 5 nitrogen and oxygen atoms in total. The maximum Gasteiger partial charge on any atom is 0.292 e. The van der Waals surface area contributed by atoms with E-state index in [4.69, 9.17) is 0 Å². The van der Waals surface area contributed by atoms with Gasteiger partial charge in [-0.2, -0.15) is 0 Å². The second-order valence-electron chi connectivity index (χ2n) is 6.12. The Morgan fingerprint density at radius 1 is 1.00 bits per heavy atom. The molecule has 0 bridgehead atoms. The normalized spacial score (nSPS) is 22.3. The van der Waals surface area contributed by atoms with Crippen molar-refractivity contribution in [3.63, 3.8) is 0 Å². The summed E-state index contributed by atoms with van der Waals surface area (Å²) in [5.41, 5.74) is 3.82. The lowest BCUT2D eigenvalue weighted by Gasteiger charge is -2.13. The SMILES string of the molecule is O=[N+]([O-])C1C(=Cc2ccccc2)CN2C1=NC/C2=C\c1ccccc1. The van der Waals surface area contributed by atoms with Crippen LogP contribution < -0.4 is 0 Å². The molecule has 0 radical (unpaired) electrons. The summed E-state index contributed by atoms with van der Waals surface area (Å²) in [6.45, 7) is 1.01. The summed E-state index contributed by atoms with van der Waals surface area (Å²) >= 11 is 0. The number of hydrogen-bond acceptors (Lipinski definition) is 4. The summed E-state index contributed by atoms with van der Waals surface area (Å²) in [7, 11) is 0. The molecule has 2 aliphatic rings. The average Bonchev–Trinajstić information content (AvgIpc) is 3.16. The minimum Gasteiger partial charge on any atom is -0.322 e.